The normalized spacial score (nSPS) is 16.6. The molecule has 0 heterocycles. The quantitative estimate of drug-likeness (QED) is 0.255. The Labute approximate surface area is 196 Å². The van der Waals surface area contributed by atoms with Gasteiger partial charge in [-0.3, -0.25) is 4.79 Å². The average molecular weight is 617 g/mol. The molecule has 0 aliphatic rings. The minimum Gasteiger partial charge on any atom is -0.394 e. The van der Waals surface area contributed by atoms with Gasteiger partial charge in [0.05, 0.1) is 12.6 Å². The van der Waals surface area contributed by atoms with Crippen LogP contribution in [0.4, 0.5) is 87.8 Å². The first kappa shape index (κ1) is 36.0. The third-order valence-electron chi connectivity index (χ3n) is 4.79. The number of aliphatic hydroxyl groups is 1. The van der Waals surface area contributed by atoms with Crippen molar-refractivity contribution in [1.29, 1.82) is 0 Å². The first-order chi connectivity index (χ1) is 16.4. The van der Waals surface area contributed by atoms with E-state index < -0.39 is 84.7 Å². The van der Waals surface area contributed by atoms with Crippen LogP contribution in [0.3, 0.4) is 0 Å². The summed E-state index contributed by atoms with van der Waals surface area (Å²) < 4.78 is 266. The van der Waals surface area contributed by atoms with Gasteiger partial charge in [-0.1, -0.05) is 6.92 Å². The molecule has 2 N–H and O–H groups in total. The second-order valence-electron chi connectivity index (χ2n) is 7.28. The Bertz CT molecular complexity index is 849. The molecule has 3 nitrogen and oxygen atoms in total. The maximum Gasteiger partial charge on any atom is 0.392 e. The lowest BCUT2D eigenvalue weighted by Crippen LogP contribution is -2.77. The van der Waals surface area contributed by atoms with E-state index in [2.05, 4.69) is 0 Å². The maximum atomic E-state index is 13.7. The summed E-state index contributed by atoms with van der Waals surface area (Å²) in [6.45, 7) is -0.552. The molecule has 0 rings (SSSR count). The number of aliphatic hydroxyl groups excluding tert-OH is 1. The van der Waals surface area contributed by atoms with Gasteiger partial charge < -0.3 is 10.4 Å². The maximum absolute atomic E-state index is 13.7. The van der Waals surface area contributed by atoms with Crippen molar-refractivity contribution in [3.8, 4) is 0 Å². The standard InChI is InChI=1S/C15H11F20NO2/c1-2-4(3-37)36-6(38)8(20,21)10(24,25)12(28,29)14(32,33)15(34,35)13(30,31)11(26,27)9(22,23)7(18,19)5(16)17/h4-5,37H,2-3H2,1H3,(H,36,38). The number of alkyl halides is 20. The summed E-state index contributed by atoms with van der Waals surface area (Å²) in [6, 6.07) is -2.04. The van der Waals surface area contributed by atoms with Crippen molar-refractivity contribution in [1.82, 2.24) is 5.32 Å². The van der Waals surface area contributed by atoms with Crippen molar-refractivity contribution in [2.24, 2.45) is 0 Å². The van der Waals surface area contributed by atoms with E-state index in [0.717, 1.165) is 6.92 Å². The van der Waals surface area contributed by atoms with E-state index in [0.29, 0.717) is 5.32 Å². The van der Waals surface area contributed by atoms with Gasteiger partial charge in [0.1, 0.15) is 0 Å². The summed E-state index contributed by atoms with van der Waals surface area (Å²) in [5, 5.41) is 9.25. The predicted molar refractivity (Wildman–Crippen MR) is 79.8 cm³/mol. The van der Waals surface area contributed by atoms with Crippen LogP contribution in [0.5, 0.6) is 0 Å². The van der Waals surface area contributed by atoms with Crippen LogP contribution in [-0.4, -0.2) is 83.4 Å². The fraction of sp³-hybridized carbons (Fsp3) is 0.933. The Hall–Kier alpha value is -1.97. The lowest BCUT2D eigenvalue weighted by molar-refractivity contribution is -0.463. The Kier molecular flexibility index (Phi) is 9.38. The van der Waals surface area contributed by atoms with Crippen LogP contribution in [0, 0.1) is 0 Å². The number of halogens is 20. The number of amides is 1. The smallest absolute Gasteiger partial charge is 0.392 e. The Balaban J connectivity index is 6.96. The van der Waals surface area contributed by atoms with E-state index in [1.54, 1.807) is 0 Å². The summed E-state index contributed by atoms with van der Waals surface area (Å²) in [5.41, 5.74) is 0. The monoisotopic (exact) mass is 617 g/mol. The summed E-state index contributed by atoms with van der Waals surface area (Å²) in [4.78, 5) is 11.2. The van der Waals surface area contributed by atoms with Gasteiger partial charge in [-0.2, -0.15) is 79.0 Å². The molecular weight excluding hydrogens is 606 g/mol. The number of nitrogens with one attached hydrogen (secondary N) is 1. The van der Waals surface area contributed by atoms with E-state index in [1.807, 2.05) is 0 Å². The fourth-order valence-electron chi connectivity index (χ4n) is 2.22. The largest absolute Gasteiger partial charge is 0.394 e. The Morgan fingerprint density at radius 1 is 0.605 bits per heavy atom. The molecule has 0 aromatic carbocycles. The van der Waals surface area contributed by atoms with Gasteiger partial charge in [0.2, 0.25) is 0 Å². The second-order valence-corrected chi connectivity index (χ2v) is 7.28. The predicted octanol–water partition coefficient (Wildman–Crippen LogP) is 5.86. The van der Waals surface area contributed by atoms with Gasteiger partial charge in [-0.15, -0.1) is 0 Å². The average Bonchev–Trinajstić information content (AvgIpc) is 2.75. The molecule has 0 fully saturated rings. The first-order valence-electron chi connectivity index (χ1n) is 8.96. The molecule has 1 atom stereocenters. The van der Waals surface area contributed by atoms with Gasteiger partial charge in [-0.25, -0.2) is 8.78 Å². The molecule has 0 aromatic heterocycles. The topological polar surface area (TPSA) is 49.3 Å². The third-order valence-corrected chi connectivity index (χ3v) is 4.79. The summed E-state index contributed by atoms with van der Waals surface area (Å²) in [5.74, 6) is -80.6. The van der Waals surface area contributed by atoms with Gasteiger partial charge in [0, 0.05) is 0 Å². The van der Waals surface area contributed by atoms with Gasteiger partial charge in [-0.05, 0) is 6.42 Å². The van der Waals surface area contributed by atoms with Crippen LogP contribution >= 0.6 is 0 Å². The molecule has 0 bridgehead atoms. The zero-order valence-electron chi connectivity index (χ0n) is 17.5. The van der Waals surface area contributed by atoms with Crippen molar-refractivity contribution < 1.29 is 97.7 Å². The molecule has 1 unspecified atom stereocenters. The lowest BCUT2D eigenvalue weighted by Gasteiger charge is -2.44. The molecule has 38 heavy (non-hydrogen) atoms. The first-order valence-corrected chi connectivity index (χ1v) is 8.96. The van der Waals surface area contributed by atoms with Crippen molar-refractivity contribution in [3.05, 3.63) is 0 Å². The third kappa shape index (κ3) is 4.58. The zero-order valence-corrected chi connectivity index (χ0v) is 17.5. The summed E-state index contributed by atoms with van der Waals surface area (Å²) >= 11 is 0. The molecule has 0 aliphatic heterocycles. The van der Waals surface area contributed by atoms with E-state index in [1.165, 1.54) is 0 Å². The van der Waals surface area contributed by atoms with Crippen LogP contribution in [0.15, 0.2) is 0 Å². The van der Waals surface area contributed by atoms with Crippen molar-refractivity contribution >= 4 is 5.91 Å². The molecule has 228 valence electrons. The van der Waals surface area contributed by atoms with Crippen LogP contribution in [0.25, 0.3) is 0 Å². The molecule has 0 aliphatic carbocycles. The highest BCUT2D eigenvalue weighted by Gasteiger charge is 2.97. The van der Waals surface area contributed by atoms with Gasteiger partial charge >= 0.3 is 59.7 Å². The molecule has 1 amide bonds. The SMILES string of the molecule is CCC(CO)NC(=O)C(F)(F)C(F)(F)C(F)(F)C(F)(F)C(F)(F)C(F)(F)C(F)(F)C(F)(F)C(F)(F)C(F)F. The number of carbonyl (C=O) groups excluding carboxylic acids is 1. The fourth-order valence-corrected chi connectivity index (χ4v) is 2.22. The van der Waals surface area contributed by atoms with Crippen molar-refractivity contribution in [2.45, 2.75) is 79.1 Å². The highest BCUT2D eigenvalue weighted by molar-refractivity contribution is 5.85. The number of rotatable bonds is 13. The zero-order chi connectivity index (χ0) is 31.4. The second kappa shape index (κ2) is 9.89. The number of carbonyl (C=O) groups is 1. The minimum absolute atomic E-state index is 0.620. The lowest BCUT2D eigenvalue weighted by atomic mass is 9.86. The molecule has 0 radical (unpaired) electrons. The number of hydrogen-bond acceptors (Lipinski definition) is 2. The Morgan fingerprint density at radius 2 is 0.895 bits per heavy atom. The Morgan fingerprint density at radius 3 is 1.16 bits per heavy atom. The highest BCUT2D eigenvalue weighted by atomic mass is 19.4. The molecule has 23 heteroatoms. The van der Waals surface area contributed by atoms with E-state index in [9.17, 15) is 92.6 Å². The van der Waals surface area contributed by atoms with Crippen LogP contribution in [-0.2, 0) is 4.79 Å². The van der Waals surface area contributed by atoms with Crippen LogP contribution in [0.2, 0.25) is 0 Å². The minimum atomic E-state index is -9.14. The molecule has 0 spiro atoms. The van der Waals surface area contributed by atoms with E-state index in [-0.39, 0.29) is 0 Å². The molecule has 0 saturated carbocycles. The summed E-state index contributed by atoms with van der Waals surface area (Å²) in [6.07, 6.45) is -6.82. The van der Waals surface area contributed by atoms with Gasteiger partial charge in [0.25, 0.3) is 5.91 Å². The van der Waals surface area contributed by atoms with E-state index in [4.69, 9.17) is 5.11 Å². The van der Waals surface area contributed by atoms with Crippen molar-refractivity contribution in [2.75, 3.05) is 6.61 Å². The van der Waals surface area contributed by atoms with Crippen LogP contribution in [0.1, 0.15) is 13.3 Å². The van der Waals surface area contributed by atoms with Crippen LogP contribution < -0.4 is 5.32 Å². The number of hydrogen-bond donors (Lipinski definition) is 2. The molecule has 0 saturated heterocycles. The molecular formula is C15H11F20NO2. The highest BCUT2D eigenvalue weighted by Crippen LogP contribution is 2.65. The van der Waals surface area contributed by atoms with Crippen molar-refractivity contribution in [3.63, 3.8) is 0 Å². The molecule has 0 aromatic rings. The van der Waals surface area contributed by atoms with Gasteiger partial charge in [0.15, 0.2) is 0 Å². The van der Waals surface area contributed by atoms with E-state index >= 15 is 0 Å². The summed E-state index contributed by atoms with van der Waals surface area (Å²) in [7, 11) is 0.